The van der Waals surface area contributed by atoms with Gasteiger partial charge in [-0.2, -0.15) is 0 Å². The topological polar surface area (TPSA) is 68.1 Å². The van der Waals surface area contributed by atoms with Gasteiger partial charge in [0.2, 0.25) is 5.91 Å². The molecule has 7 heteroatoms. The van der Waals surface area contributed by atoms with Crippen molar-refractivity contribution >= 4 is 28.3 Å². The third-order valence-electron chi connectivity index (χ3n) is 6.62. The third-order valence-corrected chi connectivity index (χ3v) is 6.62. The fourth-order valence-corrected chi connectivity index (χ4v) is 4.87. The van der Waals surface area contributed by atoms with Crippen LogP contribution in [0.4, 0.5) is 5.82 Å². The number of hydrogen-bond acceptors (Lipinski definition) is 5. The number of carbonyl (C=O) groups is 1. The van der Waals surface area contributed by atoms with E-state index in [1.54, 1.807) is 14.2 Å². The van der Waals surface area contributed by atoms with Crippen molar-refractivity contribution < 1.29 is 14.3 Å². The summed E-state index contributed by atoms with van der Waals surface area (Å²) in [6, 6.07) is 18.1. The number of carbonyl (C=O) groups excluding carboxylic acids is 1. The van der Waals surface area contributed by atoms with Crippen molar-refractivity contribution in [1.29, 1.82) is 0 Å². The highest BCUT2D eigenvalue weighted by molar-refractivity contribution is 5.86. The van der Waals surface area contributed by atoms with E-state index in [1.165, 1.54) is 0 Å². The average molecular weight is 459 g/mol. The molecule has 1 N–H and O–H groups in total. The fourth-order valence-electron chi connectivity index (χ4n) is 4.87. The summed E-state index contributed by atoms with van der Waals surface area (Å²) >= 11 is 0. The van der Waals surface area contributed by atoms with Crippen LogP contribution in [0.3, 0.4) is 0 Å². The van der Waals surface area contributed by atoms with Crippen LogP contribution < -0.4 is 19.7 Å². The van der Waals surface area contributed by atoms with E-state index in [0.717, 1.165) is 58.8 Å². The number of aromatic nitrogens is 2. The quantitative estimate of drug-likeness (QED) is 0.452. The SMILES string of the molecule is COc1ccc(OC)c(CCNC(=O)C2CCCN(c3nc4ccccc4n4cccc34)C2)c1. The van der Waals surface area contributed by atoms with Crippen LogP contribution in [-0.2, 0) is 11.2 Å². The number of nitrogens with one attached hydrogen (secondary N) is 1. The van der Waals surface area contributed by atoms with Gasteiger partial charge in [0.1, 0.15) is 11.5 Å². The zero-order valence-corrected chi connectivity index (χ0v) is 19.7. The summed E-state index contributed by atoms with van der Waals surface area (Å²) in [5.74, 6) is 2.56. The number of rotatable bonds is 7. The number of fused-ring (bicyclic) bond motifs is 3. The molecule has 1 unspecified atom stereocenters. The molecule has 4 aromatic rings. The van der Waals surface area contributed by atoms with Crippen LogP contribution in [0.5, 0.6) is 11.5 Å². The smallest absolute Gasteiger partial charge is 0.224 e. The number of piperidine rings is 1. The van der Waals surface area contributed by atoms with Gasteiger partial charge in [-0.15, -0.1) is 0 Å². The molecule has 1 saturated heterocycles. The van der Waals surface area contributed by atoms with Gasteiger partial charge in [0.25, 0.3) is 0 Å². The molecule has 3 heterocycles. The molecule has 1 atom stereocenters. The van der Waals surface area contributed by atoms with E-state index in [9.17, 15) is 4.79 Å². The van der Waals surface area contributed by atoms with Gasteiger partial charge in [0, 0.05) is 25.8 Å². The predicted molar refractivity (Wildman–Crippen MR) is 134 cm³/mol. The van der Waals surface area contributed by atoms with Crippen molar-refractivity contribution in [3.8, 4) is 11.5 Å². The van der Waals surface area contributed by atoms with Crippen molar-refractivity contribution in [2.75, 3.05) is 38.8 Å². The largest absolute Gasteiger partial charge is 0.497 e. The lowest BCUT2D eigenvalue weighted by atomic mass is 9.97. The second-order valence-electron chi connectivity index (χ2n) is 8.69. The molecule has 0 spiro atoms. The van der Waals surface area contributed by atoms with Gasteiger partial charge < -0.3 is 24.1 Å². The molecule has 2 aromatic carbocycles. The van der Waals surface area contributed by atoms with Crippen LogP contribution in [0.2, 0.25) is 0 Å². The monoisotopic (exact) mass is 458 g/mol. The van der Waals surface area contributed by atoms with Crippen LogP contribution in [0.1, 0.15) is 18.4 Å². The molecular weight excluding hydrogens is 428 g/mol. The highest BCUT2D eigenvalue weighted by Gasteiger charge is 2.27. The molecule has 2 aromatic heterocycles. The van der Waals surface area contributed by atoms with Gasteiger partial charge in [-0.25, -0.2) is 4.98 Å². The van der Waals surface area contributed by atoms with E-state index in [0.29, 0.717) is 19.5 Å². The zero-order valence-electron chi connectivity index (χ0n) is 19.7. The van der Waals surface area contributed by atoms with E-state index < -0.39 is 0 Å². The van der Waals surface area contributed by atoms with E-state index in [-0.39, 0.29) is 11.8 Å². The van der Waals surface area contributed by atoms with Crippen molar-refractivity contribution in [3.63, 3.8) is 0 Å². The van der Waals surface area contributed by atoms with Gasteiger partial charge in [-0.3, -0.25) is 4.79 Å². The maximum absolute atomic E-state index is 13.0. The number of methoxy groups -OCH3 is 2. The van der Waals surface area contributed by atoms with Gasteiger partial charge in [-0.1, -0.05) is 12.1 Å². The summed E-state index contributed by atoms with van der Waals surface area (Å²) in [6.45, 7) is 2.12. The Bertz CT molecular complexity index is 1320. The van der Waals surface area contributed by atoms with Crippen molar-refractivity contribution in [2.45, 2.75) is 19.3 Å². The first kappa shape index (κ1) is 22.1. The highest BCUT2D eigenvalue weighted by atomic mass is 16.5. The second kappa shape index (κ2) is 9.63. The minimum Gasteiger partial charge on any atom is -0.497 e. The molecule has 34 heavy (non-hydrogen) atoms. The normalized spacial score (nSPS) is 16.1. The molecule has 176 valence electrons. The number of benzene rings is 2. The maximum atomic E-state index is 13.0. The summed E-state index contributed by atoms with van der Waals surface area (Å²) in [5.41, 5.74) is 4.14. The van der Waals surface area contributed by atoms with Crippen molar-refractivity contribution in [3.05, 3.63) is 66.4 Å². The standard InChI is InChI=1S/C27H30N4O3/c1-33-21-11-12-25(34-2)19(17-21)13-14-28-27(32)20-7-5-15-30(18-20)26-24-10-6-16-31(24)23-9-4-3-8-22(23)29-26/h3-4,6,8-12,16-17,20H,5,7,13-15,18H2,1-2H3,(H,28,32). The summed E-state index contributed by atoms with van der Waals surface area (Å²) < 4.78 is 13.0. The van der Waals surface area contributed by atoms with Gasteiger partial charge in [0.05, 0.1) is 36.7 Å². The first-order valence-corrected chi connectivity index (χ1v) is 11.8. The Morgan fingerprint density at radius 1 is 1.09 bits per heavy atom. The highest BCUT2D eigenvalue weighted by Crippen LogP contribution is 2.29. The average Bonchev–Trinajstić information content (AvgIpc) is 3.38. The van der Waals surface area contributed by atoms with Gasteiger partial charge >= 0.3 is 0 Å². The number of nitrogens with zero attached hydrogens (tertiary/aromatic N) is 3. The summed E-state index contributed by atoms with van der Waals surface area (Å²) in [5, 5.41) is 3.14. The zero-order chi connectivity index (χ0) is 23.5. The first-order chi connectivity index (χ1) is 16.7. The first-order valence-electron chi connectivity index (χ1n) is 11.8. The van der Waals surface area contributed by atoms with E-state index in [1.807, 2.05) is 42.5 Å². The van der Waals surface area contributed by atoms with Crippen molar-refractivity contribution in [2.24, 2.45) is 5.92 Å². The Morgan fingerprint density at radius 2 is 1.94 bits per heavy atom. The molecule has 1 aliphatic rings. The molecule has 1 amide bonds. The molecular formula is C27H30N4O3. The number of ether oxygens (including phenoxy) is 2. The Hall–Kier alpha value is -3.74. The Morgan fingerprint density at radius 3 is 2.79 bits per heavy atom. The van der Waals surface area contributed by atoms with Crippen LogP contribution in [0.15, 0.2) is 60.8 Å². The summed E-state index contributed by atoms with van der Waals surface area (Å²) in [4.78, 5) is 20.3. The Labute approximate surface area is 199 Å². The molecule has 1 aliphatic heterocycles. The van der Waals surface area contributed by atoms with Gasteiger partial charge in [0.15, 0.2) is 5.82 Å². The molecule has 0 aliphatic carbocycles. The van der Waals surface area contributed by atoms with Crippen LogP contribution >= 0.6 is 0 Å². The number of amides is 1. The lowest BCUT2D eigenvalue weighted by molar-refractivity contribution is -0.125. The summed E-state index contributed by atoms with van der Waals surface area (Å²) in [6.07, 6.45) is 4.60. The van der Waals surface area contributed by atoms with E-state index in [2.05, 4.69) is 32.9 Å². The molecule has 0 saturated carbocycles. The number of anilines is 1. The molecule has 1 fully saturated rings. The summed E-state index contributed by atoms with van der Waals surface area (Å²) in [7, 11) is 3.30. The van der Waals surface area contributed by atoms with Crippen LogP contribution in [0.25, 0.3) is 16.6 Å². The Kier molecular flexibility index (Phi) is 6.25. The van der Waals surface area contributed by atoms with Crippen molar-refractivity contribution in [1.82, 2.24) is 14.7 Å². The molecule has 0 radical (unpaired) electrons. The maximum Gasteiger partial charge on any atom is 0.224 e. The minimum absolute atomic E-state index is 0.0655. The van der Waals surface area contributed by atoms with Crippen LogP contribution in [0, 0.1) is 5.92 Å². The second-order valence-corrected chi connectivity index (χ2v) is 8.69. The number of hydrogen-bond donors (Lipinski definition) is 1. The molecule has 5 rings (SSSR count). The minimum atomic E-state index is -0.0655. The predicted octanol–water partition coefficient (Wildman–Crippen LogP) is 4.08. The van der Waals surface area contributed by atoms with E-state index in [4.69, 9.17) is 14.5 Å². The lowest BCUT2D eigenvalue weighted by Crippen LogP contribution is -2.44. The molecule has 0 bridgehead atoms. The molecule has 7 nitrogen and oxygen atoms in total. The van der Waals surface area contributed by atoms with Gasteiger partial charge in [-0.05, 0) is 67.3 Å². The Balaban J connectivity index is 1.28. The fraction of sp³-hybridized carbons (Fsp3) is 0.333. The van der Waals surface area contributed by atoms with E-state index >= 15 is 0 Å². The lowest BCUT2D eigenvalue weighted by Gasteiger charge is -2.33. The third kappa shape index (κ3) is 4.25. The number of para-hydroxylation sites is 2. The van der Waals surface area contributed by atoms with Crippen LogP contribution in [-0.4, -0.2) is 49.1 Å².